The molecular weight excluding hydrogens is 574 g/mol. The Hall–Kier alpha value is -5.36. The van der Waals surface area contributed by atoms with Crippen molar-refractivity contribution in [1.82, 2.24) is 29.2 Å². The summed E-state index contributed by atoms with van der Waals surface area (Å²) in [6.07, 6.45) is 6.04. The van der Waals surface area contributed by atoms with Gasteiger partial charge in [0.05, 0.1) is 28.9 Å². The van der Waals surface area contributed by atoms with E-state index in [-0.39, 0.29) is 18.4 Å². The standard InChI is InChI=1S/C33H33N7O5/c1-4-40-26(16-20(2)37-40)30-35-19-25-24-17-21(29(34)41)18-27(45-15-9-14-44-3)28(24)38(31(25)36-30)12-7-8-13-39-32(42)22-10-5-6-11-23(22)33(39)43/h5-8,10-11,16-19H,4,9,12-15H2,1-3H3,(H2,34,41). The number of amides is 3. The number of hydrogen-bond acceptors (Lipinski definition) is 8. The number of ether oxygens (including phenoxy) is 2. The van der Waals surface area contributed by atoms with Gasteiger partial charge >= 0.3 is 0 Å². The highest BCUT2D eigenvalue weighted by Crippen LogP contribution is 2.36. The van der Waals surface area contributed by atoms with Crippen molar-refractivity contribution in [2.75, 3.05) is 26.9 Å². The summed E-state index contributed by atoms with van der Waals surface area (Å²) in [6, 6.07) is 12.1. The van der Waals surface area contributed by atoms with Crippen molar-refractivity contribution in [1.29, 1.82) is 0 Å². The number of aromatic nitrogens is 5. The van der Waals surface area contributed by atoms with Crippen LogP contribution in [0.4, 0.5) is 0 Å². The fraction of sp³-hybridized carbons (Fsp3) is 0.273. The molecule has 45 heavy (non-hydrogen) atoms. The Kier molecular flexibility index (Phi) is 8.14. The normalized spacial score (nSPS) is 13.1. The molecular formula is C33H33N7O5. The van der Waals surface area contributed by atoms with Crippen LogP contribution in [0.5, 0.6) is 5.75 Å². The number of carbonyl (C=O) groups is 3. The highest BCUT2D eigenvalue weighted by Gasteiger charge is 2.34. The van der Waals surface area contributed by atoms with E-state index >= 15 is 0 Å². The lowest BCUT2D eigenvalue weighted by Gasteiger charge is -2.13. The lowest BCUT2D eigenvalue weighted by Crippen LogP contribution is -2.29. The molecule has 0 radical (unpaired) electrons. The molecule has 1 aliphatic heterocycles. The predicted molar refractivity (Wildman–Crippen MR) is 168 cm³/mol. The summed E-state index contributed by atoms with van der Waals surface area (Å²) in [6.45, 7) is 5.89. The second kappa shape index (κ2) is 12.3. The first-order valence-electron chi connectivity index (χ1n) is 14.7. The van der Waals surface area contributed by atoms with Crippen LogP contribution in [0, 0.1) is 6.92 Å². The summed E-state index contributed by atoms with van der Waals surface area (Å²) in [5.41, 5.74) is 9.79. The fourth-order valence-corrected chi connectivity index (χ4v) is 5.64. The summed E-state index contributed by atoms with van der Waals surface area (Å²) in [5.74, 6) is -0.242. The van der Waals surface area contributed by atoms with E-state index in [1.807, 2.05) is 35.2 Å². The quantitative estimate of drug-likeness (QED) is 0.126. The zero-order chi connectivity index (χ0) is 31.7. The Labute approximate surface area is 259 Å². The van der Waals surface area contributed by atoms with Crippen LogP contribution in [0.2, 0.25) is 0 Å². The van der Waals surface area contributed by atoms with Gasteiger partial charge < -0.3 is 19.8 Å². The zero-order valence-electron chi connectivity index (χ0n) is 25.3. The molecule has 12 heteroatoms. The van der Waals surface area contributed by atoms with E-state index < -0.39 is 5.91 Å². The molecule has 1 aliphatic rings. The van der Waals surface area contributed by atoms with E-state index in [2.05, 4.69) is 10.1 Å². The molecule has 0 saturated carbocycles. The molecule has 5 aromatic rings. The van der Waals surface area contributed by atoms with Crippen LogP contribution >= 0.6 is 0 Å². The van der Waals surface area contributed by atoms with Crippen molar-refractivity contribution in [3.63, 3.8) is 0 Å². The third-order valence-electron chi connectivity index (χ3n) is 7.75. The molecule has 0 fully saturated rings. The second-order valence-corrected chi connectivity index (χ2v) is 10.7. The molecule has 0 aliphatic carbocycles. The Morgan fingerprint density at radius 3 is 2.42 bits per heavy atom. The maximum atomic E-state index is 12.9. The lowest BCUT2D eigenvalue weighted by molar-refractivity contribution is 0.0671. The number of nitrogens with zero attached hydrogens (tertiary/aromatic N) is 6. The average molecular weight is 608 g/mol. The first kappa shape index (κ1) is 29.7. The summed E-state index contributed by atoms with van der Waals surface area (Å²) < 4.78 is 15.2. The number of imide groups is 1. The van der Waals surface area contributed by atoms with E-state index in [1.54, 1.807) is 55.8 Å². The number of benzene rings is 2. The molecule has 0 spiro atoms. The summed E-state index contributed by atoms with van der Waals surface area (Å²) >= 11 is 0. The van der Waals surface area contributed by atoms with Gasteiger partial charge in [-0.25, -0.2) is 9.97 Å². The molecule has 4 heterocycles. The molecule has 2 N–H and O–H groups in total. The number of methoxy groups -OCH3 is 1. The number of allylic oxidation sites excluding steroid dienone is 1. The number of carbonyl (C=O) groups excluding carboxylic acids is 3. The molecule has 0 saturated heterocycles. The average Bonchev–Trinajstić information content (AvgIpc) is 3.66. The van der Waals surface area contributed by atoms with E-state index in [0.29, 0.717) is 82.9 Å². The topological polar surface area (TPSA) is 147 Å². The SMILES string of the molecule is CCn1nc(C)cc1-c1ncc2c3cc(C(N)=O)cc(OCCCOC)c3n(CC=CCN3C(=O)c4ccccc4C3=O)c2n1. The highest BCUT2D eigenvalue weighted by molar-refractivity contribution is 6.21. The van der Waals surface area contributed by atoms with Gasteiger partial charge in [-0.1, -0.05) is 24.3 Å². The van der Waals surface area contributed by atoms with E-state index in [0.717, 1.165) is 11.4 Å². The van der Waals surface area contributed by atoms with Gasteiger partial charge in [0, 0.05) is 62.3 Å². The van der Waals surface area contributed by atoms with Crippen molar-refractivity contribution >= 4 is 39.7 Å². The maximum absolute atomic E-state index is 12.9. The Morgan fingerprint density at radius 2 is 1.73 bits per heavy atom. The summed E-state index contributed by atoms with van der Waals surface area (Å²) in [4.78, 5) is 48.9. The Morgan fingerprint density at radius 1 is 1.00 bits per heavy atom. The molecule has 3 amide bonds. The fourth-order valence-electron chi connectivity index (χ4n) is 5.64. The van der Waals surface area contributed by atoms with Gasteiger partial charge in [-0.3, -0.25) is 24.0 Å². The van der Waals surface area contributed by atoms with Crippen LogP contribution in [-0.4, -0.2) is 73.8 Å². The summed E-state index contributed by atoms with van der Waals surface area (Å²) in [7, 11) is 1.63. The minimum absolute atomic E-state index is 0.116. The first-order valence-corrected chi connectivity index (χ1v) is 14.7. The summed E-state index contributed by atoms with van der Waals surface area (Å²) in [5, 5.41) is 5.97. The molecule has 6 rings (SSSR count). The van der Waals surface area contributed by atoms with Crippen molar-refractivity contribution in [2.45, 2.75) is 33.4 Å². The second-order valence-electron chi connectivity index (χ2n) is 10.7. The van der Waals surface area contributed by atoms with Crippen molar-refractivity contribution < 1.29 is 23.9 Å². The van der Waals surface area contributed by atoms with Crippen molar-refractivity contribution in [3.8, 4) is 17.3 Å². The molecule has 0 unspecified atom stereocenters. The van der Waals surface area contributed by atoms with Crippen LogP contribution in [0.25, 0.3) is 33.5 Å². The van der Waals surface area contributed by atoms with Gasteiger partial charge in [0.2, 0.25) is 5.91 Å². The Balaban J connectivity index is 1.43. The van der Waals surface area contributed by atoms with Crippen LogP contribution < -0.4 is 10.5 Å². The molecule has 230 valence electrons. The zero-order valence-corrected chi connectivity index (χ0v) is 25.3. The van der Waals surface area contributed by atoms with Crippen molar-refractivity contribution in [2.24, 2.45) is 5.73 Å². The monoisotopic (exact) mass is 607 g/mol. The molecule has 0 bridgehead atoms. The predicted octanol–water partition coefficient (Wildman–Crippen LogP) is 4.14. The van der Waals surface area contributed by atoms with Gasteiger partial charge in [0.15, 0.2) is 5.82 Å². The molecule has 0 atom stereocenters. The Bertz CT molecular complexity index is 1960. The van der Waals surface area contributed by atoms with Crippen molar-refractivity contribution in [3.05, 3.63) is 83.2 Å². The highest BCUT2D eigenvalue weighted by atomic mass is 16.5. The molecule has 3 aromatic heterocycles. The smallest absolute Gasteiger partial charge is 0.261 e. The largest absolute Gasteiger partial charge is 0.491 e. The number of primary amides is 1. The maximum Gasteiger partial charge on any atom is 0.261 e. The van der Waals surface area contributed by atoms with Crippen LogP contribution in [0.3, 0.4) is 0 Å². The molecule has 2 aromatic carbocycles. The van der Waals surface area contributed by atoms with Crippen LogP contribution in [-0.2, 0) is 17.8 Å². The van der Waals surface area contributed by atoms with E-state index in [4.69, 9.17) is 20.2 Å². The van der Waals surface area contributed by atoms with Gasteiger partial charge in [0.25, 0.3) is 11.8 Å². The first-order chi connectivity index (χ1) is 21.8. The van der Waals surface area contributed by atoms with Crippen LogP contribution in [0.1, 0.15) is 50.1 Å². The number of nitrogens with two attached hydrogens (primary N) is 1. The number of aryl methyl sites for hydroxylation is 2. The minimum atomic E-state index is -0.583. The van der Waals surface area contributed by atoms with Gasteiger partial charge in [-0.2, -0.15) is 5.10 Å². The third kappa shape index (κ3) is 5.44. The number of fused-ring (bicyclic) bond motifs is 4. The van der Waals surface area contributed by atoms with Crippen LogP contribution in [0.15, 0.2) is 60.8 Å². The third-order valence-corrected chi connectivity index (χ3v) is 7.75. The lowest BCUT2D eigenvalue weighted by atomic mass is 10.1. The van der Waals surface area contributed by atoms with E-state index in [1.165, 1.54) is 4.90 Å². The van der Waals surface area contributed by atoms with Gasteiger partial charge in [0.1, 0.15) is 17.1 Å². The number of rotatable bonds is 12. The van der Waals surface area contributed by atoms with Gasteiger partial charge in [-0.15, -0.1) is 0 Å². The number of hydrogen-bond donors (Lipinski definition) is 1. The molecule has 12 nitrogen and oxygen atoms in total. The van der Waals surface area contributed by atoms with Gasteiger partial charge in [-0.05, 0) is 44.2 Å². The minimum Gasteiger partial charge on any atom is -0.491 e. The van der Waals surface area contributed by atoms with E-state index in [9.17, 15) is 14.4 Å².